The number of benzene rings is 1. The molecule has 3 rings (SSSR count). The minimum atomic E-state index is -1.11. The Balaban J connectivity index is 1.72. The van der Waals surface area contributed by atoms with E-state index in [0.29, 0.717) is 37.6 Å². The normalized spacial score (nSPS) is 18.5. The molecule has 2 saturated carbocycles. The largest absolute Gasteiger partial charge is 0.390 e. The molecule has 3 amide bonds. The second-order valence-corrected chi connectivity index (χ2v) is 13.5. The number of aliphatic hydroxyl groups excluding tert-OH is 2. The Morgan fingerprint density at radius 1 is 0.913 bits per heavy atom. The Morgan fingerprint density at radius 2 is 1.57 bits per heavy atom. The van der Waals surface area contributed by atoms with Crippen LogP contribution in [0.2, 0.25) is 0 Å². The molecule has 0 aromatic heterocycles. The van der Waals surface area contributed by atoms with E-state index >= 15 is 0 Å². The van der Waals surface area contributed by atoms with E-state index in [2.05, 4.69) is 35.3 Å². The van der Waals surface area contributed by atoms with Crippen LogP contribution >= 0.6 is 0 Å². The third-order valence-electron chi connectivity index (χ3n) is 9.86. The first-order valence-corrected chi connectivity index (χ1v) is 17.6. The van der Waals surface area contributed by atoms with Gasteiger partial charge in [0.1, 0.15) is 12.1 Å². The zero-order valence-corrected chi connectivity index (χ0v) is 28.3. The monoisotopic (exact) mass is 638 g/mol. The van der Waals surface area contributed by atoms with Gasteiger partial charge < -0.3 is 30.6 Å². The molecular formula is C37H58N4O5. The number of aliphatic hydroxyl groups is 2. The fourth-order valence-corrected chi connectivity index (χ4v) is 6.55. The van der Waals surface area contributed by atoms with Crippen LogP contribution in [0.4, 0.5) is 0 Å². The molecule has 2 aliphatic carbocycles. The number of likely N-dealkylation sites (N-methyl/N-ethyl adjacent to an activating group) is 2. The van der Waals surface area contributed by atoms with Crippen LogP contribution in [0.5, 0.6) is 0 Å². The molecular weight excluding hydrogens is 580 g/mol. The van der Waals surface area contributed by atoms with E-state index in [1.807, 2.05) is 30.3 Å². The zero-order valence-electron chi connectivity index (χ0n) is 28.3. The van der Waals surface area contributed by atoms with Gasteiger partial charge in [-0.15, -0.1) is 12.3 Å². The molecule has 5 atom stereocenters. The fourth-order valence-electron chi connectivity index (χ4n) is 6.55. The second kappa shape index (κ2) is 19.7. The van der Waals surface area contributed by atoms with Crippen molar-refractivity contribution in [3.8, 4) is 12.3 Å². The first-order chi connectivity index (χ1) is 22.1. The molecule has 1 aromatic rings. The smallest absolute Gasteiger partial charge is 0.243 e. The van der Waals surface area contributed by atoms with Crippen molar-refractivity contribution >= 4 is 17.7 Å². The SMILES string of the molecule is C#CC[C@H](NC(=O)C(CC(=O)N(C)CCN(CC)CC)Cc1ccccc1)C(=O)NC(CC1CCCCC1)[C@@H](O)[C@@H](O)CC1CC1. The summed E-state index contributed by atoms with van der Waals surface area (Å²) in [5, 5.41) is 27.9. The molecule has 256 valence electrons. The molecule has 0 saturated heterocycles. The molecule has 9 heteroatoms. The number of rotatable bonds is 20. The maximum absolute atomic E-state index is 13.8. The lowest BCUT2D eigenvalue weighted by Crippen LogP contribution is -2.56. The number of amides is 3. The van der Waals surface area contributed by atoms with Crippen LogP contribution in [0, 0.1) is 30.1 Å². The summed E-state index contributed by atoms with van der Waals surface area (Å²) in [6.45, 7) is 7.27. The van der Waals surface area contributed by atoms with Crippen LogP contribution in [0.25, 0.3) is 0 Å². The Morgan fingerprint density at radius 3 is 2.17 bits per heavy atom. The van der Waals surface area contributed by atoms with Gasteiger partial charge in [0.2, 0.25) is 17.7 Å². The highest BCUT2D eigenvalue weighted by Crippen LogP contribution is 2.35. The van der Waals surface area contributed by atoms with Gasteiger partial charge in [-0.2, -0.15) is 0 Å². The number of hydrogen-bond donors (Lipinski definition) is 4. The highest BCUT2D eigenvalue weighted by atomic mass is 16.3. The number of carbonyl (C=O) groups is 3. The number of nitrogens with one attached hydrogen (secondary N) is 2. The van der Waals surface area contributed by atoms with Gasteiger partial charge >= 0.3 is 0 Å². The molecule has 9 nitrogen and oxygen atoms in total. The van der Waals surface area contributed by atoms with E-state index in [1.165, 1.54) is 6.42 Å². The Kier molecular flexibility index (Phi) is 16.0. The maximum Gasteiger partial charge on any atom is 0.243 e. The van der Waals surface area contributed by atoms with Crippen molar-refractivity contribution in [2.45, 2.75) is 115 Å². The summed E-state index contributed by atoms with van der Waals surface area (Å²) in [5.74, 6) is 1.55. The van der Waals surface area contributed by atoms with Gasteiger partial charge in [0, 0.05) is 33.0 Å². The van der Waals surface area contributed by atoms with E-state index in [4.69, 9.17) is 6.42 Å². The summed E-state index contributed by atoms with van der Waals surface area (Å²) in [6.07, 6.45) is 12.6. The molecule has 1 aromatic carbocycles. The van der Waals surface area contributed by atoms with E-state index in [9.17, 15) is 24.6 Å². The molecule has 2 fully saturated rings. The standard InChI is InChI=1S/C37H58N4O5/c1-5-14-31(37(46)39-32(24-28-17-12-9-13-18-28)35(44)33(42)25-29-19-20-29)38-36(45)30(23-27-15-10-8-11-16-27)26-34(43)40(4)21-22-41(6-2)7-3/h1,8,10-11,15-16,28-33,35,42,44H,6-7,9,12-14,17-26H2,2-4H3,(H,38,45)(H,39,46)/t30?,31-,32?,33-,35+/m0/s1. The van der Waals surface area contributed by atoms with Gasteiger partial charge in [-0.3, -0.25) is 14.4 Å². The molecule has 4 N–H and O–H groups in total. The third kappa shape index (κ3) is 12.7. The highest BCUT2D eigenvalue weighted by molar-refractivity contribution is 5.91. The lowest BCUT2D eigenvalue weighted by molar-refractivity contribution is -0.137. The lowest BCUT2D eigenvalue weighted by atomic mass is 9.82. The van der Waals surface area contributed by atoms with E-state index < -0.39 is 42.0 Å². The molecule has 0 spiro atoms. The number of hydrogen-bond acceptors (Lipinski definition) is 6. The minimum absolute atomic E-state index is 0.00372. The molecule has 2 aliphatic rings. The van der Waals surface area contributed by atoms with Gasteiger partial charge in [-0.1, -0.05) is 89.1 Å². The Bertz CT molecular complexity index is 1110. The molecule has 46 heavy (non-hydrogen) atoms. The van der Waals surface area contributed by atoms with Crippen molar-refractivity contribution in [2.24, 2.45) is 17.8 Å². The van der Waals surface area contributed by atoms with Crippen LogP contribution < -0.4 is 10.6 Å². The van der Waals surface area contributed by atoms with E-state index in [-0.39, 0.29) is 18.7 Å². The summed E-state index contributed by atoms with van der Waals surface area (Å²) in [4.78, 5) is 44.7. The van der Waals surface area contributed by atoms with Gasteiger partial charge in [-0.05, 0) is 49.8 Å². The van der Waals surface area contributed by atoms with Gasteiger partial charge in [0.25, 0.3) is 0 Å². The second-order valence-electron chi connectivity index (χ2n) is 13.5. The summed E-state index contributed by atoms with van der Waals surface area (Å²) in [6, 6.07) is 7.85. The fraction of sp³-hybridized carbons (Fsp3) is 0.703. The Labute approximate surface area is 276 Å². The van der Waals surface area contributed by atoms with Crippen LogP contribution in [0.3, 0.4) is 0 Å². The van der Waals surface area contributed by atoms with Crippen molar-refractivity contribution in [1.82, 2.24) is 20.4 Å². The topological polar surface area (TPSA) is 122 Å². The van der Waals surface area contributed by atoms with Crippen molar-refractivity contribution in [1.29, 1.82) is 0 Å². The highest BCUT2D eigenvalue weighted by Gasteiger charge is 2.36. The zero-order chi connectivity index (χ0) is 33.5. The number of nitrogens with zero attached hydrogens (tertiary/aromatic N) is 2. The van der Waals surface area contributed by atoms with Crippen molar-refractivity contribution < 1.29 is 24.6 Å². The van der Waals surface area contributed by atoms with Crippen molar-refractivity contribution in [3.63, 3.8) is 0 Å². The summed E-state index contributed by atoms with van der Waals surface area (Å²) in [7, 11) is 1.76. The van der Waals surface area contributed by atoms with Gasteiger partial charge in [0.05, 0.1) is 18.1 Å². The molecule has 0 bridgehead atoms. The first-order valence-electron chi connectivity index (χ1n) is 17.6. The van der Waals surface area contributed by atoms with Crippen LogP contribution in [0.1, 0.15) is 90.0 Å². The summed E-state index contributed by atoms with van der Waals surface area (Å²) in [5.41, 5.74) is 0.916. The van der Waals surface area contributed by atoms with Crippen LogP contribution in [-0.4, -0.2) is 95.3 Å². The molecule has 0 aliphatic heterocycles. The maximum atomic E-state index is 13.8. The Hall–Kier alpha value is -2.93. The summed E-state index contributed by atoms with van der Waals surface area (Å²) >= 11 is 0. The van der Waals surface area contributed by atoms with Gasteiger partial charge in [0.15, 0.2) is 0 Å². The minimum Gasteiger partial charge on any atom is -0.390 e. The molecule has 0 radical (unpaired) electrons. The third-order valence-corrected chi connectivity index (χ3v) is 9.86. The predicted molar refractivity (Wildman–Crippen MR) is 182 cm³/mol. The van der Waals surface area contributed by atoms with Crippen LogP contribution in [0.15, 0.2) is 30.3 Å². The van der Waals surface area contributed by atoms with Crippen LogP contribution in [-0.2, 0) is 20.8 Å². The van der Waals surface area contributed by atoms with Gasteiger partial charge in [-0.25, -0.2) is 0 Å². The first kappa shape index (κ1) is 37.5. The predicted octanol–water partition coefficient (Wildman–Crippen LogP) is 3.52. The molecule has 0 heterocycles. The van der Waals surface area contributed by atoms with Crippen molar-refractivity contribution in [2.75, 3.05) is 33.2 Å². The number of terminal acetylenes is 1. The quantitative estimate of drug-likeness (QED) is 0.162. The number of carbonyl (C=O) groups excluding carboxylic acids is 3. The van der Waals surface area contributed by atoms with E-state index in [1.54, 1.807) is 11.9 Å². The van der Waals surface area contributed by atoms with E-state index in [0.717, 1.165) is 63.7 Å². The summed E-state index contributed by atoms with van der Waals surface area (Å²) < 4.78 is 0. The van der Waals surface area contributed by atoms with Crippen molar-refractivity contribution in [3.05, 3.63) is 35.9 Å². The average Bonchev–Trinajstić information content (AvgIpc) is 3.88. The lowest BCUT2D eigenvalue weighted by Gasteiger charge is -2.33. The molecule has 2 unspecified atom stereocenters. The average molecular weight is 639 g/mol.